The molecule has 0 bridgehead atoms. The van der Waals surface area contributed by atoms with E-state index in [0.29, 0.717) is 11.3 Å². The van der Waals surface area contributed by atoms with Crippen molar-refractivity contribution in [2.75, 3.05) is 5.73 Å². The maximum atomic E-state index is 6.14. The molecule has 21 heavy (non-hydrogen) atoms. The van der Waals surface area contributed by atoms with E-state index in [1.807, 2.05) is 23.1 Å². The Morgan fingerprint density at radius 1 is 1.19 bits per heavy atom. The molecule has 0 aromatic carbocycles. The lowest BCUT2D eigenvalue weighted by Gasteiger charge is -2.06. The van der Waals surface area contributed by atoms with Gasteiger partial charge in [-0.25, -0.2) is 15.0 Å². The maximum Gasteiger partial charge on any atom is 0.165 e. The van der Waals surface area contributed by atoms with Gasteiger partial charge in [-0.2, -0.15) is 5.10 Å². The minimum atomic E-state index is 0.407. The average Bonchev–Trinajstić information content (AvgIpc) is 2.98. The number of aryl methyl sites for hydroxylation is 3. The van der Waals surface area contributed by atoms with Gasteiger partial charge >= 0.3 is 0 Å². The molecule has 3 rings (SSSR count). The highest BCUT2D eigenvalue weighted by Crippen LogP contribution is 2.19. The highest BCUT2D eigenvalue weighted by Gasteiger charge is 2.10. The van der Waals surface area contributed by atoms with E-state index < -0.39 is 0 Å². The maximum absolute atomic E-state index is 6.14. The molecule has 3 heterocycles. The minimum Gasteiger partial charge on any atom is -0.382 e. The molecule has 8 heteroatoms. The van der Waals surface area contributed by atoms with E-state index in [2.05, 4.69) is 20.1 Å². The van der Waals surface area contributed by atoms with Gasteiger partial charge in [-0.15, -0.1) is 0 Å². The van der Waals surface area contributed by atoms with E-state index >= 15 is 0 Å². The molecule has 7 nitrogen and oxygen atoms in total. The second-order valence-electron chi connectivity index (χ2n) is 4.93. The Kier molecular flexibility index (Phi) is 3.50. The fourth-order valence-corrected chi connectivity index (χ4v) is 2.48. The fourth-order valence-electron chi connectivity index (χ4n) is 2.35. The van der Waals surface area contributed by atoms with Crippen LogP contribution in [0.5, 0.6) is 0 Å². The van der Waals surface area contributed by atoms with Crippen molar-refractivity contribution in [3.05, 3.63) is 29.1 Å². The summed E-state index contributed by atoms with van der Waals surface area (Å²) in [6, 6.07) is 0. The van der Waals surface area contributed by atoms with Crippen molar-refractivity contribution >= 4 is 28.6 Å². The van der Waals surface area contributed by atoms with E-state index in [4.69, 9.17) is 17.3 Å². The number of halogens is 1. The van der Waals surface area contributed by atoms with E-state index in [1.54, 1.807) is 6.33 Å². The number of nitrogen functional groups attached to an aromatic ring is 1. The van der Waals surface area contributed by atoms with Crippen LogP contribution in [-0.4, -0.2) is 29.3 Å². The van der Waals surface area contributed by atoms with Crippen LogP contribution in [0.4, 0.5) is 5.82 Å². The first-order valence-corrected chi connectivity index (χ1v) is 7.06. The van der Waals surface area contributed by atoms with Crippen molar-refractivity contribution in [1.29, 1.82) is 0 Å². The van der Waals surface area contributed by atoms with Crippen molar-refractivity contribution in [2.45, 2.75) is 33.4 Å². The van der Waals surface area contributed by atoms with Gasteiger partial charge in [0.05, 0.1) is 22.7 Å². The zero-order valence-corrected chi connectivity index (χ0v) is 12.7. The molecule has 0 saturated heterocycles. The number of imidazole rings is 1. The van der Waals surface area contributed by atoms with Gasteiger partial charge in [-0.05, 0) is 20.3 Å². The Morgan fingerprint density at radius 3 is 2.71 bits per heavy atom. The molecule has 0 aliphatic heterocycles. The monoisotopic (exact) mass is 305 g/mol. The number of anilines is 1. The number of nitrogens with two attached hydrogens (primary N) is 1. The summed E-state index contributed by atoms with van der Waals surface area (Å²) in [6.45, 7) is 5.46. The number of nitrogens with zero attached hydrogens (tertiary/aromatic N) is 6. The Hall–Kier alpha value is -2.15. The summed E-state index contributed by atoms with van der Waals surface area (Å²) in [7, 11) is 0. The molecule has 0 atom stereocenters. The molecule has 3 aromatic heterocycles. The number of rotatable bonds is 4. The highest BCUT2D eigenvalue weighted by atomic mass is 35.5. The van der Waals surface area contributed by atoms with Crippen LogP contribution in [0.3, 0.4) is 0 Å². The predicted octanol–water partition coefficient (Wildman–Crippen LogP) is 1.97. The van der Waals surface area contributed by atoms with E-state index in [0.717, 1.165) is 41.6 Å². The fraction of sp³-hybridized carbons (Fsp3) is 0.385. The van der Waals surface area contributed by atoms with Gasteiger partial charge in [0.15, 0.2) is 11.5 Å². The van der Waals surface area contributed by atoms with Crippen molar-refractivity contribution in [3.8, 4) is 0 Å². The summed E-state index contributed by atoms with van der Waals surface area (Å²) in [5.41, 5.74) is 9.04. The van der Waals surface area contributed by atoms with E-state index in [1.165, 1.54) is 6.33 Å². The first-order valence-electron chi connectivity index (χ1n) is 6.68. The molecule has 0 aliphatic rings. The molecule has 0 fully saturated rings. The van der Waals surface area contributed by atoms with Crippen molar-refractivity contribution in [3.63, 3.8) is 0 Å². The normalized spacial score (nSPS) is 11.4. The molecule has 0 unspecified atom stereocenters. The second kappa shape index (κ2) is 5.33. The third-order valence-corrected chi connectivity index (χ3v) is 4.04. The first kappa shape index (κ1) is 13.8. The number of hydrogen-bond acceptors (Lipinski definition) is 5. The molecule has 0 amide bonds. The van der Waals surface area contributed by atoms with Gasteiger partial charge in [-0.1, -0.05) is 11.6 Å². The van der Waals surface area contributed by atoms with E-state index in [-0.39, 0.29) is 0 Å². The zero-order chi connectivity index (χ0) is 15.0. The van der Waals surface area contributed by atoms with Crippen LogP contribution in [0.15, 0.2) is 12.7 Å². The summed E-state index contributed by atoms with van der Waals surface area (Å²) in [6.07, 6.45) is 4.09. The zero-order valence-electron chi connectivity index (χ0n) is 11.9. The quantitative estimate of drug-likeness (QED) is 0.796. The highest BCUT2D eigenvalue weighted by molar-refractivity contribution is 6.31. The molecule has 0 aliphatic carbocycles. The SMILES string of the molecule is Cc1nn(CCCn2cnc3c(N)ncnc32)c(C)c1Cl. The molecule has 0 radical (unpaired) electrons. The van der Waals surface area contributed by atoms with Gasteiger partial charge in [0, 0.05) is 13.1 Å². The summed E-state index contributed by atoms with van der Waals surface area (Å²) >= 11 is 6.14. The summed E-state index contributed by atoms with van der Waals surface area (Å²) in [5.74, 6) is 0.407. The van der Waals surface area contributed by atoms with Crippen LogP contribution >= 0.6 is 11.6 Å². The molecular formula is C13H16ClN7. The molecule has 0 saturated carbocycles. The molecule has 2 N–H and O–H groups in total. The topological polar surface area (TPSA) is 87.4 Å². The van der Waals surface area contributed by atoms with Crippen molar-refractivity contribution in [2.24, 2.45) is 0 Å². The van der Waals surface area contributed by atoms with Crippen LogP contribution in [0.1, 0.15) is 17.8 Å². The molecule has 3 aromatic rings. The summed E-state index contributed by atoms with van der Waals surface area (Å²) in [4.78, 5) is 12.4. The van der Waals surface area contributed by atoms with Gasteiger partial charge in [0.2, 0.25) is 0 Å². The average molecular weight is 306 g/mol. The first-order chi connectivity index (χ1) is 10.1. The standard InChI is InChI=1S/C13H16ClN7/c1-8-10(14)9(2)21(19-8)5-3-4-20-7-18-11-12(15)16-6-17-13(11)20/h6-7H,3-5H2,1-2H3,(H2,15,16,17). The second-order valence-corrected chi connectivity index (χ2v) is 5.31. The smallest absolute Gasteiger partial charge is 0.165 e. The largest absolute Gasteiger partial charge is 0.382 e. The van der Waals surface area contributed by atoms with Crippen molar-refractivity contribution < 1.29 is 0 Å². The van der Waals surface area contributed by atoms with E-state index in [9.17, 15) is 0 Å². The molecule has 0 spiro atoms. The Labute approximate surface area is 126 Å². The Morgan fingerprint density at radius 2 is 2.00 bits per heavy atom. The van der Waals surface area contributed by atoms with Crippen molar-refractivity contribution in [1.82, 2.24) is 29.3 Å². The third-order valence-electron chi connectivity index (χ3n) is 3.49. The summed E-state index contributed by atoms with van der Waals surface area (Å²) in [5, 5.41) is 5.16. The Bertz CT molecular complexity index is 789. The number of aromatic nitrogens is 6. The number of hydrogen-bond donors (Lipinski definition) is 1. The van der Waals surface area contributed by atoms with Crippen LogP contribution in [0.25, 0.3) is 11.2 Å². The predicted molar refractivity (Wildman–Crippen MR) is 81.1 cm³/mol. The molecular weight excluding hydrogens is 290 g/mol. The van der Waals surface area contributed by atoms with Crippen LogP contribution < -0.4 is 5.73 Å². The lowest BCUT2D eigenvalue weighted by Crippen LogP contribution is -2.07. The third kappa shape index (κ3) is 2.44. The van der Waals surface area contributed by atoms with Crippen LogP contribution in [-0.2, 0) is 13.1 Å². The van der Waals surface area contributed by atoms with Gasteiger partial charge in [-0.3, -0.25) is 4.68 Å². The van der Waals surface area contributed by atoms with Gasteiger partial charge < -0.3 is 10.3 Å². The van der Waals surface area contributed by atoms with Crippen LogP contribution in [0.2, 0.25) is 5.02 Å². The lowest BCUT2D eigenvalue weighted by molar-refractivity contribution is 0.520. The van der Waals surface area contributed by atoms with Crippen LogP contribution in [0, 0.1) is 13.8 Å². The lowest BCUT2D eigenvalue weighted by atomic mass is 10.3. The molecule has 110 valence electrons. The van der Waals surface area contributed by atoms with Gasteiger partial charge in [0.25, 0.3) is 0 Å². The minimum absolute atomic E-state index is 0.407. The number of fused-ring (bicyclic) bond motifs is 1. The summed E-state index contributed by atoms with van der Waals surface area (Å²) < 4.78 is 3.90. The Balaban J connectivity index is 1.72. The van der Waals surface area contributed by atoms with Gasteiger partial charge in [0.1, 0.15) is 11.8 Å².